The lowest BCUT2D eigenvalue weighted by molar-refractivity contribution is -0.000187. The first-order valence-corrected chi connectivity index (χ1v) is 7.97. The van der Waals surface area contributed by atoms with Gasteiger partial charge in [-0.15, -0.1) is 0 Å². The summed E-state index contributed by atoms with van der Waals surface area (Å²) in [4.78, 5) is 2.54. The fraction of sp³-hybridized carbons (Fsp3) is 0.647. The maximum Gasteiger partial charge on any atom is 0.0702 e. The summed E-state index contributed by atoms with van der Waals surface area (Å²) < 4.78 is 5.88. The van der Waals surface area contributed by atoms with Gasteiger partial charge >= 0.3 is 0 Å². The topological polar surface area (TPSA) is 38.5 Å². The number of nitrogens with zero attached hydrogens (tertiary/aromatic N) is 1. The molecule has 1 atom stereocenters. The monoisotopic (exact) mass is 276 g/mol. The largest absolute Gasteiger partial charge is 0.399 e. The van der Waals surface area contributed by atoms with Crippen molar-refractivity contribution in [3.05, 3.63) is 29.8 Å². The molecular weight excluding hydrogens is 248 g/mol. The van der Waals surface area contributed by atoms with E-state index < -0.39 is 0 Å². The molecule has 1 saturated heterocycles. The van der Waals surface area contributed by atoms with Gasteiger partial charge in [-0.25, -0.2) is 0 Å². The van der Waals surface area contributed by atoms with Crippen molar-refractivity contribution in [1.82, 2.24) is 4.90 Å². The molecule has 1 heterocycles. The summed E-state index contributed by atoms with van der Waals surface area (Å²) in [6.07, 6.45) is 6.30. The summed E-state index contributed by atoms with van der Waals surface area (Å²) in [6.45, 7) is 6.55. The highest BCUT2D eigenvalue weighted by molar-refractivity contribution is 5.46. The quantitative estimate of drug-likeness (QED) is 0.778. The Hall–Kier alpha value is -1.06. The number of nitrogen functional groups attached to an aromatic ring is 1. The molecule has 0 aromatic heterocycles. The second-order valence-corrected chi connectivity index (χ2v) is 5.74. The highest BCUT2D eigenvalue weighted by atomic mass is 16.5. The maximum atomic E-state index is 5.98. The van der Waals surface area contributed by atoms with Crippen molar-refractivity contribution in [3.8, 4) is 0 Å². The lowest BCUT2D eigenvalue weighted by Crippen LogP contribution is -2.40. The van der Waals surface area contributed by atoms with E-state index in [1.807, 2.05) is 12.1 Å². The molecule has 112 valence electrons. The van der Waals surface area contributed by atoms with Crippen LogP contribution >= 0.6 is 0 Å². The average molecular weight is 276 g/mol. The second-order valence-electron chi connectivity index (χ2n) is 5.74. The molecule has 1 aliphatic rings. The third kappa shape index (κ3) is 4.80. The van der Waals surface area contributed by atoms with Gasteiger partial charge in [0.05, 0.1) is 6.10 Å². The van der Waals surface area contributed by atoms with Gasteiger partial charge < -0.3 is 15.4 Å². The fourth-order valence-electron chi connectivity index (χ4n) is 2.89. The molecule has 1 aromatic rings. The molecule has 3 heteroatoms. The van der Waals surface area contributed by atoms with Crippen LogP contribution in [0.5, 0.6) is 0 Å². The van der Waals surface area contributed by atoms with Crippen LogP contribution in [-0.4, -0.2) is 37.2 Å². The van der Waals surface area contributed by atoms with Gasteiger partial charge in [-0.3, -0.25) is 0 Å². The van der Waals surface area contributed by atoms with Crippen LogP contribution < -0.4 is 5.73 Å². The van der Waals surface area contributed by atoms with Gasteiger partial charge in [0.25, 0.3) is 0 Å². The van der Waals surface area contributed by atoms with Crippen molar-refractivity contribution >= 4 is 5.69 Å². The predicted molar refractivity (Wildman–Crippen MR) is 84.9 cm³/mol. The lowest BCUT2D eigenvalue weighted by atomic mass is 10.1. The number of anilines is 1. The van der Waals surface area contributed by atoms with Crippen LogP contribution in [0.25, 0.3) is 0 Å². The van der Waals surface area contributed by atoms with Crippen molar-refractivity contribution in [2.75, 3.05) is 32.0 Å². The van der Waals surface area contributed by atoms with Crippen LogP contribution in [0.1, 0.15) is 38.2 Å². The first kappa shape index (κ1) is 15.3. The molecule has 20 heavy (non-hydrogen) atoms. The van der Waals surface area contributed by atoms with Crippen LogP contribution in [0.2, 0.25) is 0 Å². The van der Waals surface area contributed by atoms with E-state index in [0.29, 0.717) is 6.10 Å². The van der Waals surface area contributed by atoms with E-state index in [4.69, 9.17) is 10.5 Å². The van der Waals surface area contributed by atoms with Gasteiger partial charge in [-0.05, 0) is 56.8 Å². The zero-order valence-corrected chi connectivity index (χ0v) is 12.7. The van der Waals surface area contributed by atoms with Crippen molar-refractivity contribution in [2.24, 2.45) is 0 Å². The minimum absolute atomic E-state index is 0.450. The molecule has 0 bridgehead atoms. The van der Waals surface area contributed by atoms with Gasteiger partial charge in [0.2, 0.25) is 0 Å². The number of ether oxygens (including phenoxy) is 1. The molecular formula is C17H28N2O. The molecule has 1 unspecified atom stereocenters. The Morgan fingerprint density at radius 2 is 2.20 bits per heavy atom. The molecule has 1 aliphatic heterocycles. The van der Waals surface area contributed by atoms with Gasteiger partial charge in [-0.1, -0.05) is 25.1 Å². The van der Waals surface area contributed by atoms with E-state index in [1.54, 1.807) is 0 Å². The molecule has 0 spiro atoms. The first-order valence-electron chi connectivity index (χ1n) is 7.97. The van der Waals surface area contributed by atoms with Crippen molar-refractivity contribution in [1.29, 1.82) is 0 Å². The molecule has 0 amide bonds. The van der Waals surface area contributed by atoms with E-state index in [2.05, 4.69) is 24.0 Å². The van der Waals surface area contributed by atoms with Gasteiger partial charge in [0.15, 0.2) is 0 Å². The number of piperidine rings is 1. The van der Waals surface area contributed by atoms with Gasteiger partial charge in [0.1, 0.15) is 0 Å². The molecule has 2 rings (SSSR count). The molecule has 3 nitrogen and oxygen atoms in total. The summed E-state index contributed by atoms with van der Waals surface area (Å²) >= 11 is 0. The van der Waals surface area contributed by atoms with Crippen molar-refractivity contribution in [2.45, 2.75) is 45.1 Å². The van der Waals surface area contributed by atoms with Crippen LogP contribution in [0.15, 0.2) is 24.3 Å². The Kier molecular flexibility index (Phi) is 6.34. The van der Waals surface area contributed by atoms with Crippen molar-refractivity contribution in [3.63, 3.8) is 0 Å². The Balaban J connectivity index is 1.70. The summed E-state index contributed by atoms with van der Waals surface area (Å²) in [5.74, 6) is 0. The van der Waals surface area contributed by atoms with Crippen LogP contribution in [-0.2, 0) is 11.2 Å². The number of hydrogen-bond acceptors (Lipinski definition) is 3. The second kappa shape index (κ2) is 8.28. The average Bonchev–Trinajstić information content (AvgIpc) is 2.48. The Labute approximate surface area is 123 Å². The number of benzene rings is 1. The SMILES string of the molecule is CCCOC1CCCN(CCCc2ccccc2N)C1. The number of hydrogen-bond donors (Lipinski definition) is 1. The molecule has 0 aliphatic carbocycles. The Morgan fingerprint density at radius 1 is 1.35 bits per heavy atom. The van der Waals surface area contributed by atoms with E-state index in [1.165, 1.54) is 31.4 Å². The van der Waals surface area contributed by atoms with E-state index in [9.17, 15) is 0 Å². The lowest BCUT2D eigenvalue weighted by Gasteiger charge is -2.32. The third-order valence-electron chi connectivity index (χ3n) is 4.00. The Bertz CT molecular complexity index is 394. The molecule has 1 aromatic carbocycles. The minimum Gasteiger partial charge on any atom is -0.399 e. The number of nitrogens with two attached hydrogens (primary N) is 1. The number of likely N-dealkylation sites (tertiary alicyclic amines) is 1. The van der Waals surface area contributed by atoms with Crippen LogP contribution in [0.3, 0.4) is 0 Å². The number of aryl methyl sites for hydroxylation is 1. The third-order valence-corrected chi connectivity index (χ3v) is 4.00. The molecule has 0 radical (unpaired) electrons. The van der Waals surface area contributed by atoms with Crippen LogP contribution in [0.4, 0.5) is 5.69 Å². The zero-order chi connectivity index (χ0) is 14.2. The highest BCUT2D eigenvalue weighted by Crippen LogP contribution is 2.16. The zero-order valence-electron chi connectivity index (χ0n) is 12.7. The number of rotatable bonds is 7. The van der Waals surface area contributed by atoms with E-state index >= 15 is 0 Å². The number of para-hydroxylation sites is 1. The first-order chi connectivity index (χ1) is 9.79. The summed E-state index contributed by atoms with van der Waals surface area (Å²) in [5.41, 5.74) is 8.19. The smallest absolute Gasteiger partial charge is 0.0702 e. The summed E-state index contributed by atoms with van der Waals surface area (Å²) in [5, 5.41) is 0. The van der Waals surface area contributed by atoms with E-state index in [-0.39, 0.29) is 0 Å². The standard InChI is InChI=1S/C17H28N2O/c1-2-13-20-16-9-6-12-19(14-16)11-5-8-15-7-3-4-10-17(15)18/h3-4,7,10,16H,2,5-6,8-9,11-14,18H2,1H3. The Morgan fingerprint density at radius 3 is 3.00 bits per heavy atom. The molecule has 1 fully saturated rings. The van der Waals surface area contributed by atoms with Crippen LogP contribution in [0, 0.1) is 0 Å². The fourth-order valence-corrected chi connectivity index (χ4v) is 2.89. The van der Waals surface area contributed by atoms with Crippen molar-refractivity contribution < 1.29 is 4.74 Å². The van der Waals surface area contributed by atoms with Gasteiger partial charge in [-0.2, -0.15) is 0 Å². The summed E-state index contributed by atoms with van der Waals surface area (Å²) in [6, 6.07) is 8.20. The predicted octanol–water partition coefficient (Wildman–Crippen LogP) is 3.09. The molecule has 0 saturated carbocycles. The normalized spacial score (nSPS) is 20.1. The molecule has 2 N–H and O–H groups in total. The highest BCUT2D eigenvalue weighted by Gasteiger charge is 2.19. The van der Waals surface area contributed by atoms with Gasteiger partial charge in [0, 0.05) is 18.8 Å². The minimum atomic E-state index is 0.450. The maximum absolute atomic E-state index is 5.98. The van der Waals surface area contributed by atoms with E-state index in [0.717, 1.165) is 38.2 Å². The summed E-state index contributed by atoms with van der Waals surface area (Å²) in [7, 11) is 0.